The standard InChI is InChI=1S/C13H24N2O2/c1-10-2-4-11(5-3-10)8-15-13(16)12-9-17-7-6-14-12/h10-12,14H,2-9H2,1H3,(H,15,16). The van der Waals surface area contributed by atoms with Gasteiger partial charge in [0, 0.05) is 13.1 Å². The van der Waals surface area contributed by atoms with Gasteiger partial charge in [-0.25, -0.2) is 0 Å². The van der Waals surface area contributed by atoms with Crippen LogP contribution in [0.1, 0.15) is 32.6 Å². The second kappa shape index (κ2) is 6.36. The van der Waals surface area contributed by atoms with Crippen LogP contribution in [0, 0.1) is 11.8 Å². The quantitative estimate of drug-likeness (QED) is 0.771. The van der Waals surface area contributed by atoms with Crippen molar-refractivity contribution < 1.29 is 9.53 Å². The van der Waals surface area contributed by atoms with Crippen LogP contribution in [0.3, 0.4) is 0 Å². The third-order valence-electron chi connectivity index (χ3n) is 3.94. The molecule has 1 aliphatic heterocycles. The van der Waals surface area contributed by atoms with E-state index < -0.39 is 0 Å². The van der Waals surface area contributed by atoms with Crippen molar-refractivity contribution in [2.24, 2.45) is 11.8 Å². The van der Waals surface area contributed by atoms with Crippen LogP contribution < -0.4 is 10.6 Å². The fourth-order valence-corrected chi connectivity index (χ4v) is 2.64. The van der Waals surface area contributed by atoms with Crippen molar-refractivity contribution in [3.05, 3.63) is 0 Å². The first-order valence-electron chi connectivity index (χ1n) is 6.84. The summed E-state index contributed by atoms with van der Waals surface area (Å²) in [5.41, 5.74) is 0. The number of nitrogens with one attached hydrogen (secondary N) is 2. The minimum atomic E-state index is -0.147. The number of ether oxygens (including phenoxy) is 1. The zero-order chi connectivity index (χ0) is 12.1. The van der Waals surface area contributed by atoms with Gasteiger partial charge in [-0.1, -0.05) is 19.8 Å². The van der Waals surface area contributed by atoms with E-state index in [-0.39, 0.29) is 11.9 Å². The van der Waals surface area contributed by atoms with Gasteiger partial charge in [0.1, 0.15) is 6.04 Å². The predicted octanol–water partition coefficient (Wildman–Crippen LogP) is 0.917. The van der Waals surface area contributed by atoms with Crippen LogP contribution in [0.15, 0.2) is 0 Å². The molecular formula is C13H24N2O2. The average molecular weight is 240 g/mol. The Bertz CT molecular complexity index is 244. The van der Waals surface area contributed by atoms with E-state index in [1.807, 2.05) is 0 Å². The van der Waals surface area contributed by atoms with Crippen LogP contribution in [0.5, 0.6) is 0 Å². The SMILES string of the molecule is CC1CCC(CNC(=O)C2COCCN2)CC1. The lowest BCUT2D eigenvalue weighted by atomic mass is 9.83. The van der Waals surface area contributed by atoms with Crippen molar-refractivity contribution >= 4 is 5.91 Å². The molecule has 2 aliphatic rings. The molecule has 1 aliphatic carbocycles. The van der Waals surface area contributed by atoms with E-state index in [0.717, 1.165) is 19.0 Å². The highest BCUT2D eigenvalue weighted by atomic mass is 16.5. The maximum Gasteiger partial charge on any atom is 0.239 e. The minimum absolute atomic E-state index is 0.100. The van der Waals surface area contributed by atoms with Gasteiger partial charge in [-0.2, -0.15) is 0 Å². The van der Waals surface area contributed by atoms with E-state index >= 15 is 0 Å². The van der Waals surface area contributed by atoms with E-state index in [0.29, 0.717) is 19.1 Å². The van der Waals surface area contributed by atoms with Gasteiger partial charge in [-0.15, -0.1) is 0 Å². The number of hydrogen-bond donors (Lipinski definition) is 2. The average Bonchev–Trinajstić information content (AvgIpc) is 2.39. The Balaban J connectivity index is 1.65. The first-order chi connectivity index (χ1) is 8.25. The summed E-state index contributed by atoms with van der Waals surface area (Å²) in [5, 5.41) is 6.23. The molecule has 17 heavy (non-hydrogen) atoms. The van der Waals surface area contributed by atoms with Crippen molar-refractivity contribution in [1.29, 1.82) is 0 Å². The molecule has 0 spiro atoms. The first-order valence-corrected chi connectivity index (χ1v) is 6.84. The predicted molar refractivity (Wildman–Crippen MR) is 66.7 cm³/mol. The summed E-state index contributed by atoms with van der Waals surface area (Å²) in [6.07, 6.45) is 5.14. The van der Waals surface area contributed by atoms with Crippen molar-refractivity contribution in [1.82, 2.24) is 10.6 Å². The van der Waals surface area contributed by atoms with E-state index in [2.05, 4.69) is 17.6 Å². The third kappa shape index (κ3) is 3.96. The Kier molecular flexibility index (Phi) is 4.80. The second-order valence-corrected chi connectivity index (χ2v) is 5.45. The summed E-state index contributed by atoms with van der Waals surface area (Å²) in [4.78, 5) is 11.9. The molecule has 0 aromatic rings. The minimum Gasteiger partial charge on any atom is -0.378 e. The fourth-order valence-electron chi connectivity index (χ4n) is 2.64. The molecule has 2 rings (SSSR count). The monoisotopic (exact) mass is 240 g/mol. The summed E-state index contributed by atoms with van der Waals surface area (Å²) in [5.74, 6) is 1.65. The van der Waals surface area contributed by atoms with Gasteiger partial charge in [0.15, 0.2) is 0 Å². The summed E-state index contributed by atoms with van der Waals surface area (Å²) < 4.78 is 5.29. The fraction of sp³-hybridized carbons (Fsp3) is 0.923. The number of carbonyl (C=O) groups excluding carboxylic acids is 1. The summed E-state index contributed by atoms with van der Waals surface area (Å²) in [7, 11) is 0. The molecule has 1 atom stereocenters. The Hall–Kier alpha value is -0.610. The van der Waals surface area contributed by atoms with E-state index in [1.165, 1.54) is 25.7 Å². The highest BCUT2D eigenvalue weighted by Crippen LogP contribution is 2.27. The van der Waals surface area contributed by atoms with Gasteiger partial charge in [0.05, 0.1) is 13.2 Å². The maximum atomic E-state index is 11.9. The van der Waals surface area contributed by atoms with Crippen molar-refractivity contribution in [2.75, 3.05) is 26.3 Å². The van der Waals surface area contributed by atoms with Crippen LogP contribution in [-0.4, -0.2) is 38.3 Å². The first kappa shape index (κ1) is 12.8. The molecular weight excluding hydrogens is 216 g/mol. The zero-order valence-electron chi connectivity index (χ0n) is 10.7. The molecule has 1 saturated heterocycles. The van der Waals surface area contributed by atoms with Crippen molar-refractivity contribution in [3.8, 4) is 0 Å². The van der Waals surface area contributed by atoms with Gasteiger partial charge >= 0.3 is 0 Å². The lowest BCUT2D eigenvalue weighted by Crippen LogP contribution is -2.52. The van der Waals surface area contributed by atoms with Gasteiger partial charge in [-0.05, 0) is 24.7 Å². The Morgan fingerprint density at radius 3 is 2.76 bits per heavy atom. The largest absolute Gasteiger partial charge is 0.378 e. The Labute approximate surface area is 103 Å². The number of carbonyl (C=O) groups is 1. The van der Waals surface area contributed by atoms with Crippen molar-refractivity contribution in [3.63, 3.8) is 0 Å². The third-order valence-corrected chi connectivity index (χ3v) is 3.94. The van der Waals surface area contributed by atoms with Gasteiger partial charge in [0.2, 0.25) is 5.91 Å². The van der Waals surface area contributed by atoms with Gasteiger partial charge < -0.3 is 15.4 Å². The van der Waals surface area contributed by atoms with Crippen LogP contribution in [-0.2, 0) is 9.53 Å². The molecule has 0 radical (unpaired) electrons. The molecule has 2 N–H and O–H groups in total. The second-order valence-electron chi connectivity index (χ2n) is 5.45. The smallest absolute Gasteiger partial charge is 0.239 e. The molecule has 0 aromatic carbocycles. The molecule has 0 bridgehead atoms. The van der Waals surface area contributed by atoms with Crippen LogP contribution >= 0.6 is 0 Å². The van der Waals surface area contributed by atoms with Crippen LogP contribution in [0.4, 0.5) is 0 Å². The highest BCUT2D eigenvalue weighted by Gasteiger charge is 2.23. The van der Waals surface area contributed by atoms with E-state index in [9.17, 15) is 4.79 Å². The number of morpholine rings is 1. The molecule has 1 heterocycles. The highest BCUT2D eigenvalue weighted by molar-refractivity contribution is 5.81. The lowest BCUT2D eigenvalue weighted by molar-refractivity contribution is -0.126. The zero-order valence-corrected chi connectivity index (χ0v) is 10.7. The summed E-state index contributed by atoms with van der Waals surface area (Å²) in [6, 6.07) is -0.147. The molecule has 2 fully saturated rings. The molecule has 4 heteroatoms. The molecule has 1 unspecified atom stereocenters. The van der Waals surface area contributed by atoms with Crippen LogP contribution in [0.2, 0.25) is 0 Å². The Morgan fingerprint density at radius 1 is 1.35 bits per heavy atom. The number of hydrogen-bond acceptors (Lipinski definition) is 3. The Morgan fingerprint density at radius 2 is 2.12 bits per heavy atom. The number of amides is 1. The summed E-state index contributed by atoms with van der Waals surface area (Å²) in [6.45, 7) is 5.15. The van der Waals surface area contributed by atoms with Gasteiger partial charge in [0.25, 0.3) is 0 Å². The summed E-state index contributed by atoms with van der Waals surface area (Å²) >= 11 is 0. The molecule has 4 nitrogen and oxygen atoms in total. The normalized spacial score (nSPS) is 34.3. The van der Waals surface area contributed by atoms with E-state index in [4.69, 9.17) is 4.74 Å². The molecule has 98 valence electrons. The molecule has 0 aromatic heterocycles. The van der Waals surface area contributed by atoms with Crippen molar-refractivity contribution in [2.45, 2.75) is 38.6 Å². The van der Waals surface area contributed by atoms with E-state index in [1.54, 1.807) is 0 Å². The van der Waals surface area contributed by atoms with Crippen LogP contribution in [0.25, 0.3) is 0 Å². The number of rotatable bonds is 3. The lowest BCUT2D eigenvalue weighted by Gasteiger charge is -2.28. The molecule has 1 amide bonds. The van der Waals surface area contributed by atoms with Gasteiger partial charge in [-0.3, -0.25) is 4.79 Å². The molecule has 1 saturated carbocycles. The maximum absolute atomic E-state index is 11.9. The topological polar surface area (TPSA) is 50.4 Å².